The van der Waals surface area contributed by atoms with Crippen LogP contribution < -0.4 is 5.32 Å². The molecule has 2 amide bonds. The van der Waals surface area contributed by atoms with Gasteiger partial charge in [-0.15, -0.1) is 0 Å². The van der Waals surface area contributed by atoms with Crippen LogP contribution >= 0.6 is 0 Å². The maximum Gasteiger partial charge on any atom is 0.321 e. The van der Waals surface area contributed by atoms with Crippen LogP contribution in [0.2, 0.25) is 0 Å². The van der Waals surface area contributed by atoms with E-state index in [1.807, 2.05) is 12.1 Å². The molecule has 0 spiro atoms. The average Bonchev–Trinajstić information content (AvgIpc) is 3.07. The molecule has 1 atom stereocenters. The maximum atomic E-state index is 12.1. The summed E-state index contributed by atoms with van der Waals surface area (Å²) in [7, 11) is 0. The zero-order chi connectivity index (χ0) is 14.1. The minimum atomic E-state index is -0.821. The normalized spacial score (nSPS) is 20.8. The molecule has 2 N–H and O–H groups in total. The highest BCUT2D eigenvalue weighted by Crippen LogP contribution is 2.25. The predicted molar refractivity (Wildman–Crippen MR) is 74.8 cm³/mol. The van der Waals surface area contributed by atoms with E-state index in [1.54, 1.807) is 4.90 Å². The van der Waals surface area contributed by atoms with Crippen LogP contribution in [0, 0.1) is 5.92 Å². The summed E-state index contributed by atoms with van der Waals surface area (Å²) >= 11 is 0. The number of aryl methyl sites for hydroxylation is 2. The lowest BCUT2D eigenvalue weighted by atomic mass is 10.1. The highest BCUT2D eigenvalue weighted by Gasteiger charge is 2.30. The Balaban J connectivity index is 1.63. The Hall–Kier alpha value is -2.04. The number of anilines is 1. The summed E-state index contributed by atoms with van der Waals surface area (Å²) in [6.07, 6.45) is 3.91. The minimum absolute atomic E-state index is 0.202. The number of rotatable bonds is 2. The molecule has 2 aliphatic rings. The number of carbonyl (C=O) groups is 2. The number of likely N-dealkylation sites (tertiary alicyclic amines) is 1. The zero-order valence-electron chi connectivity index (χ0n) is 11.3. The smallest absolute Gasteiger partial charge is 0.321 e. The summed E-state index contributed by atoms with van der Waals surface area (Å²) in [4.78, 5) is 24.6. The van der Waals surface area contributed by atoms with Crippen LogP contribution in [-0.4, -0.2) is 35.1 Å². The topological polar surface area (TPSA) is 69.6 Å². The van der Waals surface area contributed by atoms with Gasteiger partial charge in [-0.1, -0.05) is 6.07 Å². The van der Waals surface area contributed by atoms with Crippen molar-refractivity contribution in [1.82, 2.24) is 4.90 Å². The number of nitrogens with zero attached hydrogens (tertiary/aromatic N) is 1. The lowest BCUT2D eigenvalue weighted by Crippen LogP contribution is -2.33. The third kappa shape index (κ3) is 2.48. The van der Waals surface area contributed by atoms with Gasteiger partial charge >= 0.3 is 12.0 Å². The lowest BCUT2D eigenvalue weighted by Gasteiger charge is -2.17. The van der Waals surface area contributed by atoms with Crippen molar-refractivity contribution in [3.05, 3.63) is 29.3 Å². The number of carboxylic acids is 1. The molecule has 106 valence electrons. The Morgan fingerprint density at radius 2 is 2.05 bits per heavy atom. The van der Waals surface area contributed by atoms with Gasteiger partial charge in [-0.25, -0.2) is 4.79 Å². The van der Waals surface area contributed by atoms with Gasteiger partial charge in [0.25, 0.3) is 0 Å². The van der Waals surface area contributed by atoms with Crippen molar-refractivity contribution in [1.29, 1.82) is 0 Å². The lowest BCUT2D eigenvalue weighted by molar-refractivity contribution is -0.141. The van der Waals surface area contributed by atoms with E-state index in [9.17, 15) is 9.59 Å². The van der Waals surface area contributed by atoms with Gasteiger partial charge in [0.05, 0.1) is 5.92 Å². The van der Waals surface area contributed by atoms with Crippen molar-refractivity contribution in [2.45, 2.75) is 25.7 Å². The Morgan fingerprint density at radius 1 is 1.25 bits per heavy atom. The first-order valence-electron chi connectivity index (χ1n) is 7.04. The van der Waals surface area contributed by atoms with Gasteiger partial charge in [0, 0.05) is 18.8 Å². The fourth-order valence-corrected chi connectivity index (χ4v) is 3.00. The summed E-state index contributed by atoms with van der Waals surface area (Å²) < 4.78 is 0. The van der Waals surface area contributed by atoms with E-state index in [0.29, 0.717) is 19.5 Å². The highest BCUT2D eigenvalue weighted by atomic mass is 16.4. The van der Waals surface area contributed by atoms with Crippen molar-refractivity contribution in [2.75, 3.05) is 18.4 Å². The number of urea groups is 1. The molecule has 0 bridgehead atoms. The van der Waals surface area contributed by atoms with Crippen LogP contribution in [0.15, 0.2) is 18.2 Å². The molecule has 3 rings (SSSR count). The summed E-state index contributed by atoms with van der Waals surface area (Å²) in [6.45, 7) is 0.805. The number of fused-ring (bicyclic) bond motifs is 1. The van der Waals surface area contributed by atoms with E-state index < -0.39 is 11.9 Å². The molecule has 20 heavy (non-hydrogen) atoms. The third-order valence-corrected chi connectivity index (χ3v) is 4.17. The molecular formula is C15H18N2O3. The number of nitrogens with one attached hydrogen (secondary N) is 1. The van der Waals surface area contributed by atoms with Crippen molar-refractivity contribution in [2.24, 2.45) is 5.92 Å². The molecule has 1 aliphatic carbocycles. The maximum absolute atomic E-state index is 12.1. The number of aliphatic carboxylic acids is 1. The molecule has 5 heteroatoms. The van der Waals surface area contributed by atoms with Gasteiger partial charge in [-0.3, -0.25) is 4.79 Å². The second-order valence-corrected chi connectivity index (χ2v) is 5.54. The van der Waals surface area contributed by atoms with Crippen molar-refractivity contribution in [3.8, 4) is 0 Å². The van der Waals surface area contributed by atoms with Gasteiger partial charge in [0.1, 0.15) is 0 Å². The van der Waals surface area contributed by atoms with Crippen LogP contribution in [-0.2, 0) is 17.6 Å². The van der Waals surface area contributed by atoms with Crippen molar-refractivity contribution < 1.29 is 14.7 Å². The molecule has 1 fully saturated rings. The number of carboxylic acid groups (broad SMARTS) is 1. The van der Waals surface area contributed by atoms with E-state index in [2.05, 4.69) is 11.4 Å². The molecule has 1 aromatic rings. The standard InChI is InChI=1S/C15H18N2O3/c18-14(19)12-6-7-17(9-12)15(20)16-13-5-4-10-2-1-3-11(10)8-13/h4-5,8,12H,1-3,6-7,9H2,(H,16,20)(H,18,19). The molecule has 0 aromatic heterocycles. The van der Waals surface area contributed by atoms with Gasteiger partial charge in [-0.2, -0.15) is 0 Å². The van der Waals surface area contributed by atoms with Gasteiger partial charge in [-0.05, 0) is 48.9 Å². The second kappa shape index (κ2) is 5.15. The molecule has 0 saturated carbocycles. The van der Waals surface area contributed by atoms with Gasteiger partial charge in [0.15, 0.2) is 0 Å². The van der Waals surface area contributed by atoms with Crippen molar-refractivity contribution in [3.63, 3.8) is 0 Å². The van der Waals surface area contributed by atoms with Gasteiger partial charge in [0.2, 0.25) is 0 Å². The van der Waals surface area contributed by atoms with Crippen LogP contribution in [0.3, 0.4) is 0 Å². The number of benzene rings is 1. The monoisotopic (exact) mass is 274 g/mol. The average molecular weight is 274 g/mol. The summed E-state index contributed by atoms with van der Waals surface area (Å²) in [6, 6.07) is 5.83. The molecule has 0 radical (unpaired) electrons. The number of amides is 2. The molecular weight excluding hydrogens is 256 g/mol. The second-order valence-electron chi connectivity index (χ2n) is 5.54. The van der Waals surface area contributed by atoms with E-state index in [0.717, 1.165) is 18.5 Å². The van der Waals surface area contributed by atoms with Crippen LogP contribution in [0.25, 0.3) is 0 Å². The Morgan fingerprint density at radius 3 is 2.80 bits per heavy atom. The zero-order valence-corrected chi connectivity index (χ0v) is 11.3. The molecule has 1 saturated heterocycles. The SMILES string of the molecule is O=C(O)C1CCN(C(=O)Nc2ccc3c(c2)CCC3)C1. The number of hydrogen-bond acceptors (Lipinski definition) is 2. The first-order valence-corrected chi connectivity index (χ1v) is 7.04. The Labute approximate surface area is 117 Å². The first-order chi connectivity index (χ1) is 9.63. The van der Waals surface area contributed by atoms with Gasteiger partial charge < -0.3 is 15.3 Å². The predicted octanol–water partition coefficient (Wildman–Crippen LogP) is 2.11. The summed E-state index contributed by atoms with van der Waals surface area (Å²) in [5.41, 5.74) is 3.48. The van der Waals surface area contributed by atoms with Crippen LogP contribution in [0.1, 0.15) is 24.0 Å². The van der Waals surface area contributed by atoms with E-state index in [1.165, 1.54) is 17.5 Å². The fraction of sp³-hybridized carbons (Fsp3) is 0.467. The Bertz CT molecular complexity index is 556. The number of hydrogen-bond donors (Lipinski definition) is 2. The molecule has 1 unspecified atom stereocenters. The molecule has 5 nitrogen and oxygen atoms in total. The van der Waals surface area contributed by atoms with E-state index in [4.69, 9.17) is 5.11 Å². The van der Waals surface area contributed by atoms with E-state index in [-0.39, 0.29) is 6.03 Å². The molecule has 1 heterocycles. The quantitative estimate of drug-likeness (QED) is 0.867. The Kier molecular flexibility index (Phi) is 3.34. The van der Waals surface area contributed by atoms with Crippen LogP contribution in [0.5, 0.6) is 0 Å². The summed E-state index contributed by atoms with van der Waals surface area (Å²) in [5.74, 6) is -1.25. The molecule has 1 aliphatic heterocycles. The number of carbonyl (C=O) groups excluding carboxylic acids is 1. The third-order valence-electron chi connectivity index (χ3n) is 4.17. The largest absolute Gasteiger partial charge is 0.481 e. The fourth-order valence-electron chi connectivity index (χ4n) is 3.00. The van der Waals surface area contributed by atoms with Crippen LogP contribution in [0.4, 0.5) is 10.5 Å². The van der Waals surface area contributed by atoms with Crippen molar-refractivity contribution >= 4 is 17.7 Å². The minimum Gasteiger partial charge on any atom is -0.481 e. The molecule has 1 aromatic carbocycles. The first kappa shape index (κ1) is 13.0. The van der Waals surface area contributed by atoms with E-state index >= 15 is 0 Å². The summed E-state index contributed by atoms with van der Waals surface area (Å²) in [5, 5.41) is 11.8. The highest BCUT2D eigenvalue weighted by molar-refractivity contribution is 5.90.